The number of ether oxygens (including phenoxy) is 1. The van der Waals surface area contributed by atoms with Crippen LogP contribution in [0.1, 0.15) is 13.3 Å². The van der Waals surface area contributed by atoms with Crippen LogP contribution in [-0.2, 0) is 4.74 Å². The second-order valence-corrected chi connectivity index (χ2v) is 4.94. The quantitative estimate of drug-likeness (QED) is 0.508. The van der Waals surface area contributed by atoms with Gasteiger partial charge in [0, 0.05) is 5.70 Å². The van der Waals surface area contributed by atoms with Crippen molar-refractivity contribution in [1.29, 1.82) is 0 Å². The molecule has 6 N–H and O–H groups in total. The molecule has 2 rings (SSSR count). The number of hydrogen-bond acceptors (Lipinski definition) is 7. The van der Waals surface area contributed by atoms with Gasteiger partial charge in [0.1, 0.15) is 24.4 Å². The minimum Gasteiger partial charge on any atom is -0.400 e. The van der Waals surface area contributed by atoms with Crippen molar-refractivity contribution >= 4 is 6.34 Å². The van der Waals surface area contributed by atoms with Crippen molar-refractivity contribution in [3.05, 3.63) is 11.8 Å². The lowest BCUT2D eigenvalue weighted by atomic mass is 10.1. The number of hydrogen-bond donors (Lipinski definition) is 4. The molecule has 0 aromatic carbocycles. The normalized spacial score (nSPS) is 41.6. The van der Waals surface area contributed by atoms with Crippen LogP contribution in [0.5, 0.6) is 0 Å². The van der Waals surface area contributed by atoms with Gasteiger partial charge in [0.2, 0.25) is 0 Å². The van der Waals surface area contributed by atoms with Crippen molar-refractivity contribution in [1.82, 2.24) is 4.90 Å². The van der Waals surface area contributed by atoms with Crippen LogP contribution in [0.15, 0.2) is 16.8 Å². The molecular formula is C12H21FN4O3. The Kier molecular flexibility index (Phi) is 4.59. The largest absolute Gasteiger partial charge is 0.400 e. The van der Waals surface area contributed by atoms with Gasteiger partial charge in [-0.2, -0.15) is 0 Å². The van der Waals surface area contributed by atoms with E-state index in [0.29, 0.717) is 5.70 Å². The standard InChI is InChI=1S/C12H21FN4O3/c1-2-3-6(14)9-11(15)17(5-16-9)12-8(13)10(19)7(4-18)20-12/h3,5,7-12,18-19H,2,4,14-15H2,1H3/b6-3+/t7?,8?,9?,10-,11?,12?/m1/s1. The fraction of sp³-hybridized carbons (Fsp3) is 0.750. The van der Waals surface area contributed by atoms with Gasteiger partial charge in [0.15, 0.2) is 12.4 Å². The Hall–Kier alpha value is -1.22. The highest BCUT2D eigenvalue weighted by Gasteiger charge is 2.49. The molecule has 0 bridgehead atoms. The summed E-state index contributed by atoms with van der Waals surface area (Å²) in [6.45, 7) is 1.48. The molecule has 20 heavy (non-hydrogen) atoms. The number of aliphatic imine (C=N–C) groups is 1. The van der Waals surface area contributed by atoms with Gasteiger partial charge in [0.25, 0.3) is 0 Å². The lowest BCUT2D eigenvalue weighted by Crippen LogP contribution is -2.52. The zero-order valence-corrected chi connectivity index (χ0v) is 11.3. The average Bonchev–Trinajstić information content (AvgIpc) is 2.93. The maximum absolute atomic E-state index is 14.0. The van der Waals surface area contributed by atoms with Gasteiger partial charge in [-0.1, -0.05) is 13.0 Å². The van der Waals surface area contributed by atoms with Crippen molar-refractivity contribution in [2.45, 2.75) is 50.2 Å². The van der Waals surface area contributed by atoms with Crippen LogP contribution in [0.2, 0.25) is 0 Å². The molecule has 0 amide bonds. The van der Waals surface area contributed by atoms with Crippen molar-refractivity contribution in [2.24, 2.45) is 16.5 Å². The molecule has 0 aliphatic carbocycles. The average molecular weight is 288 g/mol. The van der Waals surface area contributed by atoms with E-state index in [2.05, 4.69) is 4.99 Å². The van der Waals surface area contributed by atoms with E-state index in [1.807, 2.05) is 6.92 Å². The van der Waals surface area contributed by atoms with E-state index in [0.717, 1.165) is 6.42 Å². The number of nitrogens with zero attached hydrogens (tertiary/aromatic N) is 2. The van der Waals surface area contributed by atoms with Crippen LogP contribution in [0.25, 0.3) is 0 Å². The molecule has 0 radical (unpaired) electrons. The number of aliphatic hydroxyl groups excluding tert-OH is 2. The van der Waals surface area contributed by atoms with Gasteiger partial charge < -0.3 is 31.3 Å². The summed E-state index contributed by atoms with van der Waals surface area (Å²) >= 11 is 0. The van der Waals surface area contributed by atoms with Crippen molar-refractivity contribution in [2.75, 3.05) is 6.61 Å². The van der Waals surface area contributed by atoms with E-state index in [4.69, 9.17) is 21.3 Å². The third kappa shape index (κ3) is 2.51. The molecule has 8 heteroatoms. The van der Waals surface area contributed by atoms with Crippen LogP contribution in [0, 0.1) is 0 Å². The summed E-state index contributed by atoms with van der Waals surface area (Å²) in [4.78, 5) is 5.56. The summed E-state index contributed by atoms with van der Waals surface area (Å²) in [5.74, 6) is 0. The molecular weight excluding hydrogens is 267 g/mol. The lowest BCUT2D eigenvalue weighted by molar-refractivity contribution is -0.0699. The Morgan fingerprint density at radius 2 is 2.30 bits per heavy atom. The molecule has 0 aromatic rings. The monoisotopic (exact) mass is 288 g/mol. The second-order valence-electron chi connectivity index (χ2n) is 4.94. The summed E-state index contributed by atoms with van der Waals surface area (Å²) in [5.41, 5.74) is 12.4. The molecule has 114 valence electrons. The molecule has 6 atom stereocenters. The van der Waals surface area contributed by atoms with Gasteiger partial charge in [0.05, 0.1) is 12.9 Å². The van der Waals surface area contributed by atoms with Gasteiger partial charge in [-0.05, 0) is 6.42 Å². The molecule has 0 saturated carbocycles. The fourth-order valence-electron chi connectivity index (χ4n) is 2.45. The van der Waals surface area contributed by atoms with E-state index in [-0.39, 0.29) is 0 Å². The molecule has 0 spiro atoms. The van der Waals surface area contributed by atoms with E-state index in [9.17, 15) is 9.50 Å². The predicted molar refractivity (Wildman–Crippen MR) is 71.3 cm³/mol. The maximum atomic E-state index is 14.0. The first-order valence-corrected chi connectivity index (χ1v) is 6.61. The summed E-state index contributed by atoms with van der Waals surface area (Å²) in [5, 5.41) is 18.7. The van der Waals surface area contributed by atoms with Gasteiger partial charge in [-0.3, -0.25) is 4.99 Å². The number of rotatable bonds is 4. The summed E-state index contributed by atoms with van der Waals surface area (Å²) < 4.78 is 19.3. The first-order chi connectivity index (χ1) is 9.51. The van der Waals surface area contributed by atoms with Crippen LogP contribution in [0.3, 0.4) is 0 Å². The topological polar surface area (TPSA) is 117 Å². The Balaban J connectivity index is 2.09. The number of halogens is 1. The molecule has 2 heterocycles. The van der Waals surface area contributed by atoms with E-state index >= 15 is 0 Å². The van der Waals surface area contributed by atoms with E-state index < -0.39 is 43.4 Å². The minimum absolute atomic E-state index is 0.459. The smallest absolute Gasteiger partial charge is 0.173 e. The van der Waals surface area contributed by atoms with Crippen LogP contribution in [0.4, 0.5) is 4.39 Å². The molecule has 5 unspecified atom stereocenters. The Labute approximate surface area is 116 Å². The Morgan fingerprint density at radius 3 is 2.85 bits per heavy atom. The molecule has 1 saturated heterocycles. The molecule has 2 aliphatic rings. The number of aliphatic hydroxyl groups is 2. The first-order valence-electron chi connectivity index (χ1n) is 6.61. The molecule has 7 nitrogen and oxygen atoms in total. The molecule has 2 aliphatic heterocycles. The molecule has 0 aromatic heterocycles. The van der Waals surface area contributed by atoms with Crippen molar-refractivity contribution in [3.8, 4) is 0 Å². The lowest BCUT2D eigenvalue weighted by Gasteiger charge is -2.30. The van der Waals surface area contributed by atoms with E-state index in [1.54, 1.807) is 6.08 Å². The van der Waals surface area contributed by atoms with Crippen LogP contribution in [-0.4, -0.2) is 64.9 Å². The zero-order valence-electron chi connectivity index (χ0n) is 11.3. The first kappa shape index (κ1) is 15.2. The highest BCUT2D eigenvalue weighted by Crippen LogP contribution is 2.29. The number of allylic oxidation sites excluding steroid dienone is 1. The Bertz CT molecular complexity index is 406. The highest BCUT2D eigenvalue weighted by atomic mass is 19.1. The van der Waals surface area contributed by atoms with Gasteiger partial charge in [-0.15, -0.1) is 0 Å². The zero-order chi connectivity index (χ0) is 14.9. The SMILES string of the molecule is CC/C=C(/N)C1N=CN(C2OC(CO)[C@@H](O)C2F)C1N. The van der Waals surface area contributed by atoms with Gasteiger partial charge in [-0.25, -0.2) is 4.39 Å². The number of alkyl halides is 1. The minimum atomic E-state index is -1.67. The fourth-order valence-corrected chi connectivity index (χ4v) is 2.45. The summed E-state index contributed by atoms with van der Waals surface area (Å²) in [6.07, 6.45) is -1.80. The van der Waals surface area contributed by atoms with Crippen molar-refractivity contribution < 1.29 is 19.3 Å². The maximum Gasteiger partial charge on any atom is 0.173 e. The van der Waals surface area contributed by atoms with Crippen molar-refractivity contribution in [3.63, 3.8) is 0 Å². The van der Waals surface area contributed by atoms with E-state index in [1.165, 1.54) is 11.2 Å². The summed E-state index contributed by atoms with van der Waals surface area (Å²) in [7, 11) is 0. The number of nitrogens with two attached hydrogens (primary N) is 2. The third-order valence-corrected chi connectivity index (χ3v) is 3.58. The second kappa shape index (κ2) is 6.04. The highest BCUT2D eigenvalue weighted by molar-refractivity contribution is 5.60. The molecule has 1 fully saturated rings. The predicted octanol–water partition coefficient (Wildman–Crippen LogP) is -1.35. The van der Waals surface area contributed by atoms with Crippen LogP contribution < -0.4 is 11.5 Å². The Morgan fingerprint density at radius 1 is 1.60 bits per heavy atom. The van der Waals surface area contributed by atoms with Gasteiger partial charge >= 0.3 is 0 Å². The summed E-state index contributed by atoms with van der Waals surface area (Å²) in [6, 6.07) is -0.462. The van der Waals surface area contributed by atoms with Crippen LogP contribution >= 0.6 is 0 Å². The third-order valence-electron chi connectivity index (χ3n) is 3.58.